The van der Waals surface area contributed by atoms with Gasteiger partial charge in [-0.2, -0.15) is 11.8 Å². The number of thioether (sulfide) groups is 1. The lowest BCUT2D eigenvalue weighted by Crippen LogP contribution is -2.40. The first-order valence-corrected chi connectivity index (χ1v) is 8.15. The van der Waals surface area contributed by atoms with E-state index in [1.54, 1.807) is 0 Å². The second kappa shape index (κ2) is 6.99. The quantitative estimate of drug-likeness (QED) is 0.799. The van der Waals surface area contributed by atoms with Crippen molar-refractivity contribution in [1.82, 2.24) is 5.32 Å². The summed E-state index contributed by atoms with van der Waals surface area (Å²) >= 11 is 2.05. The van der Waals surface area contributed by atoms with Gasteiger partial charge in [-0.25, -0.2) is 4.79 Å². The van der Waals surface area contributed by atoms with Crippen molar-refractivity contribution in [3.8, 4) is 0 Å². The topological polar surface area (TPSA) is 67.2 Å². The smallest absolute Gasteiger partial charge is 0.316 e. The van der Waals surface area contributed by atoms with Gasteiger partial charge in [-0.1, -0.05) is 19.1 Å². The van der Waals surface area contributed by atoms with E-state index >= 15 is 0 Å². The fourth-order valence-corrected chi connectivity index (χ4v) is 3.71. The van der Waals surface area contributed by atoms with Gasteiger partial charge in [0.05, 0.1) is 0 Å². The number of primary amides is 1. The van der Waals surface area contributed by atoms with Crippen LogP contribution in [-0.4, -0.2) is 23.1 Å². The second-order valence-corrected chi connectivity index (χ2v) is 6.81. The van der Waals surface area contributed by atoms with Crippen LogP contribution in [0.2, 0.25) is 0 Å². The molecule has 1 saturated heterocycles. The van der Waals surface area contributed by atoms with Gasteiger partial charge in [0.1, 0.15) is 0 Å². The van der Waals surface area contributed by atoms with Crippen molar-refractivity contribution in [2.75, 3.05) is 11.1 Å². The highest BCUT2D eigenvalue weighted by molar-refractivity contribution is 7.99. The van der Waals surface area contributed by atoms with Crippen molar-refractivity contribution in [2.24, 2.45) is 5.73 Å². The van der Waals surface area contributed by atoms with Gasteiger partial charge in [0, 0.05) is 23.0 Å². The molecule has 3 unspecified atom stereocenters. The number of rotatable bonds is 4. The monoisotopic (exact) mass is 293 g/mol. The summed E-state index contributed by atoms with van der Waals surface area (Å²) in [5.41, 5.74) is 7.05. The summed E-state index contributed by atoms with van der Waals surface area (Å²) in [6.07, 6.45) is 2.54. The molecule has 2 amide bonds. The second-order valence-electron chi connectivity index (χ2n) is 5.32. The van der Waals surface area contributed by atoms with Gasteiger partial charge in [-0.15, -0.1) is 0 Å². The SMILES string of the molecule is CC(NC1CCCSC1C)c1ccc(NC(N)=O)cc1. The standard InChI is InChI=1S/C15H23N3OS/c1-10(17-14-4-3-9-20-11(14)2)12-5-7-13(8-6-12)18-15(16)19/h5-8,10-11,14,17H,3-4,9H2,1-2H3,(H3,16,18,19). The summed E-state index contributed by atoms with van der Waals surface area (Å²) in [4.78, 5) is 10.8. The highest BCUT2D eigenvalue weighted by Gasteiger charge is 2.23. The molecule has 1 aromatic carbocycles. The predicted molar refractivity (Wildman–Crippen MR) is 86.1 cm³/mol. The summed E-state index contributed by atoms with van der Waals surface area (Å²) in [5.74, 6) is 1.28. The average molecular weight is 293 g/mol. The van der Waals surface area contributed by atoms with E-state index in [1.807, 2.05) is 36.0 Å². The number of benzene rings is 1. The van der Waals surface area contributed by atoms with Crippen molar-refractivity contribution < 1.29 is 4.79 Å². The van der Waals surface area contributed by atoms with E-state index in [0.717, 1.165) is 5.69 Å². The van der Waals surface area contributed by atoms with Crippen LogP contribution in [0.15, 0.2) is 24.3 Å². The molecule has 1 aliphatic rings. The molecule has 3 atom stereocenters. The molecule has 0 bridgehead atoms. The number of hydrogen-bond acceptors (Lipinski definition) is 3. The molecule has 1 aliphatic heterocycles. The molecule has 0 radical (unpaired) electrons. The van der Waals surface area contributed by atoms with Crippen molar-refractivity contribution in [1.29, 1.82) is 0 Å². The van der Waals surface area contributed by atoms with Gasteiger partial charge in [-0.05, 0) is 43.2 Å². The van der Waals surface area contributed by atoms with E-state index in [2.05, 4.69) is 24.5 Å². The zero-order valence-corrected chi connectivity index (χ0v) is 12.9. The first-order valence-electron chi connectivity index (χ1n) is 7.10. The Kier molecular flexibility index (Phi) is 5.31. The number of amides is 2. The van der Waals surface area contributed by atoms with E-state index < -0.39 is 6.03 Å². The van der Waals surface area contributed by atoms with E-state index in [1.165, 1.54) is 24.2 Å². The maximum atomic E-state index is 10.8. The lowest BCUT2D eigenvalue weighted by Gasteiger charge is -2.32. The summed E-state index contributed by atoms with van der Waals surface area (Å²) in [5, 5.41) is 6.96. The predicted octanol–water partition coefficient (Wildman–Crippen LogP) is 3.11. The molecule has 0 saturated carbocycles. The van der Waals surface area contributed by atoms with Crippen LogP contribution in [0.4, 0.5) is 10.5 Å². The van der Waals surface area contributed by atoms with Crippen LogP contribution in [0.3, 0.4) is 0 Å². The Morgan fingerprint density at radius 3 is 2.70 bits per heavy atom. The molecular weight excluding hydrogens is 270 g/mol. The number of anilines is 1. The third-order valence-electron chi connectivity index (χ3n) is 3.75. The molecular formula is C15H23N3OS. The third kappa shape index (κ3) is 4.15. The molecule has 1 heterocycles. The molecule has 4 nitrogen and oxygen atoms in total. The lowest BCUT2D eigenvalue weighted by atomic mass is 10.0. The number of hydrogen-bond donors (Lipinski definition) is 3. The molecule has 0 aliphatic carbocycles. The van der Waals surface area contributed by atoms with Crippen molar-refractivity contribution in [2.45, 2.75) is 44.0 Å². The van der Waals surface area contributed by atoms with Gasteiger partial charge in [0.25, 0.3) is 0 Å². The minimum Gasteiger partial charge on any atom is -0.351 e. The van der Waals surface area contributed by atoms with E-state index in [9.17, 15) is 4.79 Å². The molecule has 5 heteroatoms. The molecule has 0 aromatic heterocycles. The maximum absolute atomic E-state index is 10.8. The summed E-state index contributed by atoms with van der Waals surface area (Å²) in [6, 6.07) is 8.19. The Labute approximate surface area is 124 Å². The number of nitrogens with two attached hydrogens (primary N) is 1. The molecule has 1 aromatic rings. The Hall–Kier alpha value is -1.20. The van der Waals surface area contributed by atoms with Gasteiger partial charge in [0.2, 0.25) is 0 Å². The summed E-state index contributed by atoms with van der Waals surface area (Å²) in [6.45, 7) is 4.48. The molecule has 0 spiro atoms. The molecule has 4 N–H and O–H groups in total. The third-order valence-corrected chi connectivity index (χ3v) is 5.13. The zero-order chi connectivity index (χ0) is 14.5. The fraction of sp³-hybridized carbons (Fsp3) is 0.533. The number of nitrogens with one attached hydrogen (secondary N) is 2. The van der Waals surface area contributed by atoms with E-state index in [4.69, 9.17) is 5.73 Å². The Balaban J connectivity index is 1.94. The molecule has 2 rings (SSSR count). The minimum absolute atomic E-state index is 0.309. The molecule has 20 heavy (non-hydrogen) atoms. The van der Waals surface area contributed by atoms with Crippen molar-refractivity contribution in [3.63, 3.8) is 0 Å². The first kappa shape index (κ1) is 15.2. The van der Waals surface area contributed by atoms with E-state index in [0.29, 0.717) is 17.3 Å². The zero-order valence-electron chi connectivity index (χ0n) is 12.1. The Bertz CT molecular complexity index is 449. The summed E-state index contributed by atoms with van der Waals surface area (Å²) < 4.78 is 0. The van der Waals surface area contributed by atoms with Gasteiger partial charge in [-0.3, -0.25) is 0 Å². The number of carbonyl (C=O) groups excluding carboxylic acids is 1. The van der Waals surface area contributed by atoms with Crippen LogP contribution in [0.5, 0.6) is 0 Å². The van der Waals surface area contributed by atoms with Crippen LogP contribution in [0.25, 0.3) is 0 Å². The van der Waals surface area contributed by atoms with Gasteiger partial charge in [0.15, 0.2) is 0 Å². The maximum Gasteiger partial charge on any atom is 0.316 e. The highest BCUT2D eigenvalue weighted by atomic mass is 32.2. The van der Waals surface area contributed by atoms with Crippen molar-refractivity contribution >= 4 is 23.5 Å². The van der Waals surface area contributed by atoms with Crippen LogP contribution < -0.4 is 16.4 Å². The molecule has 1 fully saturated rings. The lowest BCUT2D eigenvalue weighted by molar-refractivity contribution is 0.259. The minimum atomic E-state index is -0.531. The van der Waals surface area contributed by atoms with Gasteiger partial charge >= 0.3 is 6.03 Å². The highest BCUT2D eigenvalue weighted by Crippen LogP contribution is 2.27. The van der Waals surface area contributed by atoms with Crippen LogP contribution in [-0.2, 0) is 0 Å². The van der Waals surface area contributed by atoms with Crippen molar-refractivity contribution in [3.05, 3.63) is 29.8 Å². The number of urea groups is 1. The summed E-state index contributed by atoms with van der Waals surface area (Å²) in [7, 11) is 0. The average Bonchev–Trinajstić information content (AvgIpc) is 2.41. The Morgan fingerprint density at radius 2 is 2.10 bits per heavy atom. The molecule has 110 valence electrons. The van der Waals surface area contributed by atoms with E-state index in [-0.39, 0.29) is 0 Å². The normalized spacial score (nSPS) is 24.1. The van der Waals surface area contributed by atoms with Crippen LogP contribution in [0, 0.1) is 0 Å². The van der Waals surface area contributed by atoms with Gasteiger partial charge < -0.3 is 16.4 Å². The largest absolute Gasteiger partial charge is 0.351 e. The van der Waals surface area contributed by atoms with Crippen LogP contribution in [0.1, 0.15) is 38.3 Å². The fourth-order valence-electron chi connectivity index (χ4n) is 2.56. The van der Waals surface area contributed by atoms with Crippen LogP contribution >= 0.6 is 11.8 Å². The Morgan fingerprint density at radius 1 is 1.40 bits per heavy atom. The number of carbonyl (C=O) groups is 1. The first-order chi connectivity index (χ1) is 9.56.